The number of carboxylic acids is 2. The second-order valence-electron chi connectivity index (χ2n) is 27.5. The van der Waals surface area contributed by atoms with Crippen molar-refractivity contribution in [2.75, 3.05) is 39.3 Å². The highest BCUT2D eigenvalue weighted by Crippen LogP contribution is 2.23. The van der Waals surface area contributed by atoms with Gasteiger partial charge in [-0.15, -0.1) is 0 Å². The summed E-state index contributed by atoms with van der Waals surface area (Å²) in [5, 5.41) is 72.7. The van der Waals surface area contributed by atoms with E-state index in [0.29, 0.717) is 28.7 Å². The molecule has 0 bridgehead atoms. The summed E-state index contributed by atoms with van der Waals surface area (Å²) in [4.78, 5) is 239. The summed E-state index contributed by atoms with van der Waals surface area (Å²) in [5.41, 5.74) is 7.63. The fourth-order valence-corrected chi connectivity index (χ4v) is 8.77. The average molecular weight is 1800 g/mol. The van der Waals surface area contributed by atoms with Crippen molar-refractivity contribution in [1.82, 2.24) is 26.6 Å². The van der Waals surface area contributed by atoms with Crippen molar-refractivity contribution in [2.24, 2.45) is 11.7 Å². The zero-order valence-electron chi connectivity index (χ0n) is 73.2. The molecular weight excluding hydrogens is 1680 g/mol. The molecule has 0 saturated carbocycles. The number of amides is 5. The van der Waals surface area contributed by atoms with E-state index in [1.54, 1.807) is 115 Å². The van der Waals surface area contributed by atoms with Gasteiger partial charge in [0.15, 0.2) is 71.6 Å². The summed E-state index contributed by atoms with van der Waals surface area (Å²) >= 11 is 0. The van der Waals surface area contributed by atoms with Crippen molar-refractivity contribution >= 4 is 124 Å². The van der Waals surface area contributed by atoms with Crippen LogP contribution in [-0.2, 0) is 134 Å². The summed E-state index contributed by atoms with van der Waals surface area (Å²) in [6.45, 7) is 20.6. The van der Waals surface area contributed by atoms with E-state index in [2.05, 4.69) is 26.6 Å². The maximum atomic E-state index is 11.9. The Bertz CT molecular complexity index is 4110. The zero-order valence-corrected chi connectivity index (χ0v) is 73.2. The lowest BCUT2D eigenvalue weighted by molar-refractivity contribution is -0.192. The zero-order chi connectivity index (χ0) is 98.0. The van der Waals surface area contributed by atoms with Gasteiger partial charge in [0.05, 0.1) is 38.7 Å². The average Bonchev–Trinajstić information content (AvgIpc) is 0.865. The number of aliphatic hydroxyl groups is 5. The monoisotopic (exact) mass is 1790 g/mol. The van der Waals surface area contributed by atoms with Gasteiger partial charge in [-0.05, 0) is 105 Å². The highest BCUT2D eigenvalue weighted by atomic mass is 16.6. The van der Waals surface area contributed by atoms with Crippen molar-refractivity contribution in [1.29, 1.82) is 0 Å². The summed E-state index contributed by atoms with van der Waals surface area (Å²) < 4.78 is 30.2. The quantitative estimate of drug-likeness (QED) is 0.0223. The van der Waals surface area contributed by atoms with Crippen LogP contribution in [0.25, 0.3) is 0 Å². The molecule has 0 aromatic heterocycles. The van der Waals surface area contributed by atoms with Crippen LogP contribution in [0.3, 0.4) is 0 Å². The summed E-state index contributed by atoms with van der Waals surface area (Å²) in [7, 11) is 0. The van der Waals surface area contributed by atoms with Crippen molar-refractivity contribution in [3.05, 3.63) is 144 Å². The van der Waals surface area contributed by atoms with Gasteiger partial charge in [0.1, 0.15) is 29.8 Å². The van der Waals surface area contributed by atoms with Gasteiger partial charge in [-0.25, -0.2) is 19.2 Å². The van der Waals surface area contributed by atoms with Crippen LogP contribution in [0.15, 0.2) is 121 Å². The van der Waals surface area contributed by atoms with Gasteiger partial charge in [-0.2, -0.15) is 9.59 Å². The summed E-state index contributed by atoms with van der Waals surface area (Å²) in [5.74, 6) is -10.5. The van der Waals surface area contributed by atoms with Crippen LogP contribution in [0, 0.1) is 5.92 Å². The van der Waals surface area contributed by atoms with Crippen LogP contribution in [-0.4, -0.2) is 242 Å². The molecule has 0 unspecified atom stereocenters. The number of carboxylic acid groups (broad SMARTS) is 2. The number of esters is 6. The molecule has 0 spiro atoms. The van der Waals surface area contributed by atoms with Crippen molar-refractivity contribution in [2.45, 2.75) is 222 Å². The minimum absolute atomic E-state index is 0.00483. The van der Waals surface area contributed by atoms with E-state index in [9.17, 15) is 95.9 Å². The van der Waals surface area contributed by atoms with E-state index >= 15 is 0 Å². The maximum Gasteiger partial charge on any atom is 0.373 e. The molecule has 0 heterocycles. The lowest BCUT2D eigenvalue weighted by Gasteiger charge is -2.21. The van der Waals surface area contributed by atoms with Gasteiger partial charge in [-0.3, -0.25) is 76.7 Å². The molecule has 0 aliphatic carbocycles. The standard InChI is InChI=1S/2C15H19NO5.C14H16O5.C13H23NO5.C12H15NO3.2C8H13NO5.CO2/c1-10(17)14(12-6-4-3-5-7-12)21-13(19)8-9-16-15(20)11(2)18;1-11(18)15(12-5-3-2-4-6-12)21-14(20)7-9-16-13(19)8-10-17;1-9(15)10(2)18-14(17)13(19-11(3)16)12-7-5-4-6-8-12;1-7(2)6-11(14-12(17)9(4)16)13(18)19-10(5)8(3)15;1-9(14)12(16-11(15)7-8-13)10-5-3-2-4-6-10;2*1-5(10)2-3-9-7(12)4-6(11)8(13)14;2-1-3/h3-7,11,14,18H,8-9H2,1-2H3,(H,16,20);2-6,15,17H,7-10H2,1H3,(H,16,19);4-8,10,13H,1-3H3;7,9-11,16H,6H2,1-5H3,(H,14,17);2-6,12H,7-8,13H2,1H3;2*6,11H,2-4H2,1H3,(H,9,12)(H,13,14);/t11-,14+;15-;10-,13-;9-,10-,11-;12-;2*6-;/m0000000./s1. The molecule has 4 rings (SSSR count). The van der Waals surface area contributed by atoms with E-state index in [0.717, 1.165) is 0 Å². The van der Waals surface area contributed by atoms with Gasteiger partial charge < -0.3 is 96.5 Å². The molecule has 5 amide bonds. The normalized spacial score (nSPS) is 12.5. The Morgan fingerprint density at radius 2 is 0.669 bits per heavy atom. The predicted octanol–water partition coefficient (Wildman–Crippen LogP) is 2.19. The first-order chi connectivity index (χ1) is 59.4. The molecule has 41 nitrogen and oxygen atoms in total. The number of benzene rings is 4. The Morgan fingerprint density at radius 3 is 0.945 bits per heavy atom. The number of hydrogen-bond donors (Lipinski definition) is 13. The number of hydrogen-bond acceptors (Lipinski definition) is 34. The van der Waals surface area contributed by atoms with E-state index in [1.807, 2.05) is 19.9 Å². The van der Waals surface area contributed by atoms with E-state index in [-0.39, 0.29) is 136 Å². The second-order valence-corrected chi connectivity index (χ2v) is 27.5. The Balaban J connectivity index is -0.000000694. The lowest BCUT2D eigenvalue weighted by atomic mass is 10.0. The van der Waals surface area contributed by atoms with Crippen LogP contribution in [0.4, 0.5) is 0 Å². The number of rotatable bonds is 44. The first-order valence-electron chi connectivity index (χ1n) is 39.2. The smallest absolute Gasteiger partial charge is 0.373 e. The van der Waals surface area contributed by atoms with Crippen LogP contribution in [0.2, 0.25) is 0 Å². The van der Waals surface area contributed by atoms with Gasteiger partial charge in [0, 0.05) is 64.5 Å². The lowest BCUT2D eigenvalue weighted by Crippen LogP contribution is -2.47. The van der Waals surface area contributed by atoms with Crippen LogP contribution in [0.1, 0.15) is 201 Å². The van der Waals surface area contributed by atoms with Gasteiger partial charge in [0.25, 0.3) is 0 Å². The third-order valence-corrected chi connectivity index (χ3v) is 15.5. The number of nitrogens with two attached hydrogens (primary N) is 1. The molecule has 14 N–H and O–H groups in total. The number of aliphatic carboxylic acids is 2. The van der Waals surface area contributed by atoms with Crippen LogP contribution in [0.5, 0.6) is 0 Å². The fourth-order valence-electron chi connectivity index (χ4n) is 8.77. The number of nitrogens with one attached hydrogen (secondary N) is 5. The molecule has 0 aliphatic heterocycles. The Kier molecular flexibility index (Phi) is 66.3. The van der Waals surface area contributed by atoms with Crippen LogP contribution < -0.4 is 32.3 Å². The number of ketones is 7. The first kappa shape index (κ1) is 120. The molecule has 127 heavy (non-hydrogen) atoms. The molecule has 702 valence electrons. The molecule has 41 heteroatoms. The number of carbonyl (C=O) groups is 20. The highest BCUT2D eigenvalue weighted by Gasteiger charge is 2.31. The van der Waals surface area contributed by atoms with E-state index < -0.39 is 151 Å². The molecule has 0 aliphatic rings. The largest absolute Gasteiger partial charge is 0.479 e. The Labute approximate surface area is 733 Å². The molecule has 0 radical (unpaired) electrons. The SMILES string of the molecule is CC(=O)CCNC(=O)C[C@H](O)C(=O)O.CC(=O)CCNC(=O)C[C@H](O)C(=O)O.CC(=O)O[C@H](C(=O)O[C@@H](C)C(C)=O)c1ccccc1.CC(=O)[C@@H](OC(=O)CCNC(=O)[C@H](C)O)c1ccccc1.CC(=O)[C@H](C)OC(=O)[C@H](CC(C)C)NC(=O)[C@H](C)O.CC(=O)[C@H](OC(=O)CCN)c1ccccc1.CC(=O)[C@H](OC(=O)CCNC(=O)CCO)c1ccccc1.O=C=O. The van der Waals surface area contributed by atoms with Crippen molar-refractivity contribution in [3.63, 3.8) is 0 Å². The summed E-state index contributed by atoms with van der Waals surface area (Å²) in [6.07, 6.45) is -11.2. The topological polar surface area (TPSA) is 659 Å². The van der Waals surface area contributed by atoms with E-state index in [4.69, 9.17) is 79.5 Å². The fraction of sp³-hybridized carbons (Fsp3) is 0.477. The number of ether oxygens (including phenoxy) is 6. The molecule has 11 atom stereocenters. The third-order valence-electron chi connectivity index (χ3n) is 15.5. The molecular formula is C86H118N6O35. The second kappa shape index (κ2) is 70.1. The third kappa shape index (κ3) is 62.6. The maximum absolute atomic E-state index is 11.9. The Morgan fingerprint density at radius 1 is 0.370 bits per heavy atom. The molecule has 4 aromatic rings. The van der Waals surface area contributed by atoms with Gasteiger partial charge in [0.2, 0.25) is 35.6 Å². The minimum Gasteiger partial charge on any atom is -0.479 e. The van der Waals surface area contributed by atoms with Crippen LogP contribution >= 0.6 is 0 Å². The highest BCUT2D eigenvalue weighted by molar-refractivity contribution is 5.91. The predicted molar refractivity (Wildman–Crippen MR) is 445 cm³/mol. The van der Waals surface area contributed by atoms with Crippen molar-refractivity contribution in [3.8, 4) is 0 Å². The number of Topliss-reactive ketones (excluding diaryl/α,β-unsaturated/α-hetero) is 7. The minimum atomic E-state index is -1.69. The molecule has 0 saturated heterocycles. The Hall–Kier alpha value is -13.2. The van der Waals surface area contributed by atoms with Crippen molar-refractivity contribution < 1.29 is 170 Å². The molecule has 4 aromatic carbocycles. The van der Waals surface area contributed by atoms with Gasteiger partial charge in [-0.1, -0.05) is 135 Å². The number of carbonyl (C=O) groups excluding carboxylic acids is 20. The first-order valence-corrected chi connectivity index (χ1v) is 39.2. The van der Waals surface area contributed by atoms with E-state index in [1.165, 1.54) is 83.1 Å². The van der Waals surface area contributed by atoms with Gasteiger partial charge >= 0.3 is 53.9 Å². The number of aliphatic hydroxyl groups excluding tert-OH is 5. The summed E-state index contributed by atoms with van der Waals surface area (Å²) in [6, 6.07) is 34.0. The molecule has 0 fully saturated rings.